The second kappa shape index (κ2) is 20.2. The van der Waals surface area contributed by atoms with Gasteiger partial charge in [0.25, 0.3) is 0 Å². The van der Waals surface area contributed by atoms with Crippen molar-refractivity contribution in [2.75, 3.05) is 7.11 Å². The summed E-state index contributed by atoms with van der Waals surface area (Å²) < 4.78 is 10.8. The molecular formula is C23H48O2. The molecule has 0 fully saturated rings. The summed E-state index contributed by atoms with van der Waals surface area (Å²) in [4.78, 5) is 0. The Morgan fingerprint density at radius 2 is 0.920 bits per heavy atom. The Balaban J connectivity index is 3.09. The lowest BCUT2D eigenvalue weighted by Gasteiger charge is -2.17. The highest BCUT2D eigenvalue weighted by atomic mass is 16.7. The van der Waals surface area contributed by atoms with Crippen LogP contribution in [-0.4, -0.2) is 19.5 Å². The van der Waals surface area contributed by atoms with Gasteiger partial charge in [-0.2, -0.15) is 0 Å². The maximum Gasteiger partial charge on any atom is 0.154 e. The lowest BCUT2D eigenvalue weighted by atomic mass is 10.0. The Kier molecular flexibility index (Phi) is 20.2. The molecule has 0 saturated heterocycles. The number of rotatable bonds is 20. The fraction of sp³-hybridized carbons (Fsp3) is 1.00. The van der Waals surface area contributed by atoms with Gasteiger partial charge < -0.3 is 9.47 Å². The van der Waals surface area contributed by atoms with Crippen LogP contribution in [0.4, 0.5) is 0 Å². The molecule has 152 valence electrons. The lowest BCUT2D eigenvalue weighted by Crippen LogP contribution is -2.18. The molecule has 0 aliphatic rings. The standard InChI is InChI=1S/C23H48O2/c1-5-6-7-8-9-10-11-12-13-14-15-16-17-18-19-20-21-22(2)25-23(3)24-4/h22-23H,5-21H2,1-4H3. The third kappa shape index (κ3) is 20.1. The number of hydrogen-bond donors (Lipinski definition) is 0. The minimum Gasteiger partial charge on any atom is -0.356 e. The first-order valence-corrected chi connectivity index (χ1v) is 11.4. The van der Waals surface area contributed by atoms with Crippen LogP contribution in [0.25, 0.3) is 0 Å². The quantitative estimate of drug-likeness (QED) is 0.162. The molecule has 0 spiro atoms. The van der Waals surface area contributed by atoms with Crippen molar-refractivity contribution in [1.82, 2.24) is 0 Å². The van der Waals surface area contributed by atoms with Gasteiger partial charge in [0.05, 0.1) is 6.10 Å². The SMILES string of the molecule is CCCCCCCCCCCCCCCCCCC(C)OC(C)OC. The summed E-state index contributed by atoms with van der Waals surface area (Å²) in [6, 6.07) is 0. The van der Waals surface area contributed by atoms with E-state index in [-0.39, 0.29) is 6.29 Å². The third-order valence-electron chi connectivity index (χ3n) is 5.22. The van der Waals surface area contributed by atoms with Crippen molar-refractivity contribution in [3.05, 3.63) is 0 Å². The molecule has 0 bridgehead atoms. The average molecular weight is 357 g/mol. The van der Waals surface area contributed by atoms with Crippen LogP contribution in [0.2, 0.25) is 0 Å². The second-order valence-electron chi connectivity index (χ2n) is 7.84. The maximum atomic E-state index is 5.70. The van der Waals surface area contributed by atoms with Crippen molar-refractivity contribution in [3.8, 4) is 0 Å². The van der Waals surface area contributed by atoms with Crippen LogP contribution < -0.4 is 0 Å². The highest BCUT2D eigenvalue weighted by Gasteiger charge is 2.06. The molecule has 0 saturated carbocycles. The minimum absolute atomic E-state index is 0.0731. The molecule has 0 aromatic heterocycles. The number of methoxy groups -OCH3 is 1. The van der Waals surface area contributed by atoms with E-state index in [9.17, 15) is 0 Å². The molecule has 2 unspecified atom stereocenters. The van der Waals surface area contributed by atoms with Crippen molar-refractivity contribution in [3.63, 3.8) is 0 Å². The zero-order valence-corrected chi connectivity index (χ0v) is 18.0. The van der Waals surface area contributed by atoms with E-state index in [2.05, 4.69) is 13.8 Å². The molecule has 0 aliphatic heterocycles. The molecule has 2 heteroatoms. The number of unbranched alkanes of at least 4 members (excludes halogenated alkanes) is 15. The summed E-state index contributed by atoms with van der Waals surface area (Å²) in [6.45, 7) is 6.41. The Labute approximate surface area is 159 Å². The minimum atomic E-state index is -0.0731. The van der Waals surface area contributed by atoms with Crippen molar-refractivity contribution < 1.29 is 9.47 Å². The summed E-state index contributed by atoms with van der Waals surface area (Å²) >= 11 is 0. The highest BCUT2D eigenvalue weighted by molar-refractivity contribution is 4.53. The van der Waals surface area contributed by atoms with Gasteiger partial charge in [-0.05, 0) is 20.3 Å². The average Bonchev–Trinajstić information content (AvgIpc) is 2.61. The Hall–Kier alpha value is -0.0800. The number of ether oxygens (including phenoxy) is 2. The van der Waals surface area contributed by atoms with Gasteiger partial charge in [-0.1, -0.05) is 110 Å². The molecule has 0 aromatic rings. The van der Waals surface area contributed by atoms with Crippen molar-refractivity contribution in [2.45, 2.75) is 142 Å². The van der Waals surface area contributed by atoms with E-state index >= 15 is 0 Å². The van der Waals surface area contributed by atoms with E-state index < -0.39 is 0 Å². The fourth-order valence-corrected chi connectivity index (χ4v) is 3.43. The van der Waals surface area contributed by atoms with Crippen LogP contribution in [0.5, 0.6) is 0 Å². The maximum absolute atomic E-state index is 5.70. The van der Waals surface area contributed by atoms with Gasteiger partial charge in [0.1, 0.15) is 0 Å². The fourth-order valence-electron chi connectivity index (χ4n) is 3.43. The molecule has 0 heterocycles. The first-order valence-electron chi connectivity index (χ1n) is 11.4. The molecule has 0 N–H and O–H groups in total. The zero-order chi connectivity index (χ0) is 18.6. The topological polar surface area (TPSA) is 18.5 Å². The Bertz CT molecular complexity index is 242. The lowest BCUT2D eigenvalue weighted by molar-refractivity contribution is -0.140. The summed E-state index contributed by atoms with van der Waals surface area (Å²) in [5.74, 6) is 0. The van der Waals surface area contributed by atoms with Gasteiger partial charge in [-0.15, -0.1) is 0 Å². The van der Waals surface area contributed by atoms with Crippen LogP contribution in [0.3, 0.4) is 0 Å². The highest BCUT2D eigenvalue weighted by Crippen LogP contribution is 2.15. The van der Waals surface area contributed by atoms with E-state index in [0.29, 0.717) is 6.10 Å². The van der Waals surface area contributed by atoms with Gasteiger partial charge in [0, 0.05) is 7.11 Å². The van der Waals surface area contributed by atoms with Gasteiger partial charge in [-0.25, -0.2) is 0 Å². The molecule has 2 nitrogen and oxygen atoms in total. The van der Waals surface area contributed by atoms with E-state index in [1.807, 2.05) is 6.92 Å². The first kappa shape index (κ1) is 24.9. The van der Waals surface area contributed by atoms with Gasteiger partial charge in [-0.3, -0.25) is 0 Å². The predicted molar refractivity (Wildman–Crippen MR) is 111 cm³/mol. The predicted octanol–water partition coefficient (Wildman–Crippen LogP) is 8.04. The van der Waals surface area contributed by atoms with E-state index in [4.69, 9.17) is 9.47 Å². The van der Waals surface area contributed by atoms with Crippen LogP contribution >= 0.6 is 0 Å². The third-order valence-corrected chi connectivity index (χ3v) is 5.22. The second-order valence-corrected chi connectivity index (χ2v) is 7.84. The normalized spacial score (nSPS) is 13.9. The molecule has 0 aliphatic carbocycles. The van der Waals surface area contributed by atoms with Gasteiger partial charge >= 0.3 is 0 Å². The molecular weight excluding hydrogens is 308 g/mol. The van der Waals surface area contributed by atoms with Crippen molar-refractivity contribution in [1.29, 1.82) is 0 Å². The van der Waals surface area contributed by atoms with Crippen LogP contribution in [0, 0.1) is 0 Å². The molecule has 25 heavy (non-hydrogen) atoms. The van der Waals surface area contributed by atoms with E-state index in [0.717, 1.165) is 6.42 Å². The monoisotopic (exact) mass is 356 g/mol. The summed E-state index contributed by atoms with van der Waals surface area (Å²) in [5, 5.41) is 0. The smallest absolute Gasteiger partial charge is 0.154 e. The summed E-state index contributed by atoms with van der Waals surface area (Å²) in [6.07, 6.45) is 24.2. The molecule has 0 aromatic carbocycles. The molecule has 0 rings (SSSR count). The van der Waals surface area contributed by atoms with Gasteiger partial charge in [0.2, 0.25) is 0 Å². The van der Waals surface area contributed by atoms with E-state index in [1.165, 1.54) is 103 Å². The van der Waals surface area contributed by atoms with Crippen LogP contribution in [-0.2, 0) is 9.47 Å². The number of hydrogen-bond acceptors (Lipinski definition) is 2. The van der Waals surface area contributed by atoms with Gasteiger partial charge in [0.15, 0.2) is 6.29 Å². The Morgan fingerprint density at radius 3 is 1.28 bits per heavy atom. The molecule has 0 radical (unpaired) electrons. The zero-order valence-electron chi connectivity index (χ0n) is 18.0. The largest absolute Gasteiger partial charge is 0.356 e. The van der Waals surface area contributed by atoms with E-state index in [1.54, 1.807) is 7.11 Å². The van der Waals surface area contributed by atoms with Crippen molar-refractivity contribution >= 4 is 0 Å². The first-order chi connectivity index (χ1) is 12.2. The summed E-state index contributed by atoms with van der Waals surface area (Å²) in [5.41, 5.74) is 0. The molecule has 0 amide bonds. The molecule has 2 atom stereocenters. The summed E-state index contributed by atoms with van der Waals surface area (Å²) in [7, 11) is 1.70. The Morgan fingerprint density at radius 1 is 0.560 bits per heavy atom. The van der Waals surface area contributed by atoms with Crippen LogP contribution in [0.15, 0.2) is 0 Å². The van der Waals surface area contributed by atoms with Crippen LogP contribution in [0.1, 0.15) is 130 Å². The van der Waals surface area contributed by atoms with Crippen molar-refractivity contribution in [2.24, 2.45) is 0 Å².